The summed E-state index contributed by atoms with van der Waals surface area (Å²) in [6.45, 7) is 4.46. The molecule has 4 nitrogen and oxygen atoms in total. The van der Waals surface area contributed by atoms with Crippen molar-refractivity contribution in [2.45, 2.75) is 44.9 Å². The highest BCUT2D eigenvalue weighted by Gasteiger charge is 2.27. The van der Waals surface area contributed by atoms with Crippen LogP contribution in [0, 0.1) is 17.2 Å². The molecule has 1 aliphatic heterocycles. The third-order valence-electron chi connectivity index (χ3n) is 4.60. The molecule has 1 saturated heterocycles. The molecule has 3 rings (SSSR count). The number of anilines is 1. The molecule has 1 aromatic carbocycles. The molecule has 112 valence electrons. The zero-order valence-corrected chi connectivity index (χ0v) is 12.5. The van der Waals surface area contributed by atoms with Crippen LogP contribution in [-0.4, -0.2) is 30.3 Å². The Morgan fingerprint density at radius 2 is 2.24 bits per heavy atom. The Morgan fingerprint density at radius 3 is 2.86 bits per heavy atom. The number of nitrogens with zero attached hydrogens (tertiary/aromatic N) is 2. The molecule has 1 aliphatic carbocycles. The van der Waals surface area contributed by atoms with Gasteiger partial charge in [0.25, 0.3) is 0 Å². The van der Waals surface area contributed by atoms with Gasteiger partial charge in [0.2, 0.25) is 0 Å². The Labute approximate surface area is 126 Å². The third-order valence-corrected chi connectivity index (χ3v) is 4.60. The van der Waals surface area contributed by atoms with Gasteiger partial charge < -0.3 is 15.3 Å². The smallest absolute Gasteiger partial charge is 0.101 e. The molecule has 0 aromatic heterocycles. The number of nitrogens with one attached hydrogen (secondary N) is 1. The molecule has 2 N–H and O–H groups in total. The van der Waals surface area contributed by atoms with Crippen molar-refractivity contribution in [1.29, 1.82) is 5.26 Å². The number of rotatable bonds is 5. The second-order valence-corrected chi connectivity index (χ2v) is 6.35. The van der Waals surface area contributed by atoms with Crippen LogP contribution < -0.4 is 10.2 Å². The monoisotopic (exact) mass is 285 g/mol. The molecule has 2 atom stereocenters. The van der Waals surface area contributed by atoms with Crippen LogP contribution in [0.25, 0.3) is 0 Å². The Bertz CT molecular complexity index is 545. The summed E-state index contributed by atoms with van der Waals surface area (Å²) in [5.41, 5.74) is 2.93. The highest BCUT2D eigenvalue weighted by molar-refractivity contribution is 5.61. The first kappa shape index (κ1) is 14.4. The maximum atomic E-state index is 9.72. The van der Waals surface area contributed by atoms with E-state index >= 15 is 0 Å². The average molecular weight is 285 g/mol. The number of benzene rings is 1. The lowest BCUT2D eigenvalue weighted by atomic mass is 10.0. The maximum absolute atomic E-state index is 9.72. The highest BCUT2D eigenvalue weighted by Crippen LogP contribution is 2.29. The second-order valence-electron chi connectivity index (χ2n) is 6.35. The van der Waals surface area contributed by atoms with Crippen molar-refractivity contribution in [3.63, 3.8) is 0 Å². The van der Waals surface area contributed by atoms with Crippen molar-refractivity contribution in [3.05, 3.63) is 29.3 Å². The van der Waals surface area contributed by atoms with E-state index in [1.165, 1.54) is 18.4 Å². The van der Waals surface area contributed by atoms with Crippen molar-refractivity contribution in [3.8, 4) is 6.07 Å². The number of hydrogen-bond donors (Lipinski definition) is 2. The van der Waals surface area contributed by atoms with Crippen molar-refractivity contribution in [2.24, 2.45) is 5.92 Å². The Balaban J connectivity index is 1.71. The summed E-state index contributed by atoms with van der Waals surface area (Å²) in [5, 5.41) is 22.6. The summed E-state index contributed by atoms with van der Waals surface area (Å²) in [4.78, 5) is 2.23. The van der Waals surface area contributed by atoms with E-state index in [2.05, 4.69) is 28.4 Å². The summed E-state index contributed by atoms with van der Waals surface area (Å²) < 4.78 is 0. The van der Waals surface area contributed by atoms with E-state index in [4.69, 9.17) is 0 Å². The molecule has 2 fully saturated rings. The summed E-state index contributed by atoms with van der Waals surface area (Å²) in [6, 6.07) is 9.18. The van der Waals surface area contributed by atoms with Crippen LogP contribution in [-0.2, 0) is 6.54 Å². The molecule has 21 heavy (non-hydrogen) atoms. The highest BCUT2D eigenvalue weighted by atomic mass is 16.3. The van der Waals surface area contributed by atoms with Crippen LogP contribution in [0.4, 0.5) is 5.69 Å². The standard InChI is InChI=1S/C17H23N3O/c1-12(21)14-6-7-20(11-14)17-5-2-13(8-15(17)9-18)10-19-16-3-4-16/h2,5,8,12,14,16,19,21H,3-4,6-7,10-11H2,1H3. The van der Waals surface area contributed by atoms with Gasteiger partial charge in [0.1, 0.15) is 6.07 Å². The molecule has 0 bridgehead atoms. The van der Waals surface area contributed by atoms with E-state index in [9.17, 15) is 10.4 Å². The fraction of sp³-hybridized carbons (Fsp3) is 0.588. The fourth-order valence-electron chi connectivity index (χ4n) is 3.01. The summed E-state index contributed by atoms with van der Waals surface area (Å²) >= 11 is 0. The van der Waals surface area contributed by atoms with E-state index in [1.807, 2.05) is 13.0 Å². The van der Waals surface area contributed by atoms with Crippen LogP contribution in [0.5, 0.6) is 0 Å². The van der Waals surface area contributed by atoms with Crippen molar-refractivity contribution in [2.75, 3.05) is 18.0 Å². The zero-order chi connectivity index (χ0) is 14.8. The number of nitriles is 1. The SMILES string of the molecule is CC(O)C1CCN(c2ccc(CNC3CC3)cc2C#N)C1. The number of aliphatic hydroxyl groups is 1. The molecule has 2 aliphatic rings. The van der Waals surface area contributed by atoms with Gasteiger partial charge in [-0.3, -0.25) is 0 Å². The molecular formula is C17H23N3O. The van der Waals surface area contributed by atoms with E-state index in [1.54, 1.807) is 0 Å². The fourth-order valence-corrected chi connectivity index (χ4v) is 3.01. The minimum absolute atomic E-state index is 0.275. The molecule has 1 heterocycles. The lowest BCUT2D eigenvalue weighted by Crippen LogP contribution is -2.24. The van der Waals surface area contributed by atoms with Crippen LogP contribution >= 0.6 is 0 Å². The van der Waals surface area contributed by atoms with Gasteiger partial charge in [0, 0.05) is 31.6 Å². The topological polar surface area (TPSA) is 59.3 Å². The van der Waals surface area contributed by atoms with Gasteiger partial charge in [-0.1, -0.05) is 6.07 Å². The molecular weight excluding hydrogens is 262 g/mol. The van der Waals surface area contributed by atoms with Gasteiger partial charge in [-0.15, -0.1) is 0 Å². The number of aliphatic hydroxyl groups excluding tert-OH is 1. The molecule has 0 spiro atoms. The van der Waals surface area contributed by atoms with Gasteiger partial charge in [-0.05, 0) is 43.9 Å². The summed E-state index contributed by atoms with van der Waals surface area (Å²) in [5.74, 6) is 0.313. The first-order chi connectivity index (χ1) is 10.2. The third kappa shape index (κ3) is 3.37. The van der Waals surface area contributed by atoms with E-state index in [0.717, 1.165) is 37.3 Å². The normalized spacial score (nSPS) is 23.1. The minimum atomic E-state index is -0.275. The summed E-state index contributed by atoms with van der Waals surface area (Å²) in [7, 11) is 0. The molecule has 4 heteroatoms. The van der Waals surface area contributed by atoms with Gasteiger partial charge in [-0.25, -0.2) is 0 Å². The van der Waals surface area contributed by atoms with E-state index in [0.29, 0.717) is 12.0 Å². The van der Waals surface area contributed by atoms with Crippen LogP contribution in [0.2, 0.25) is 0 Å². The molecule has 0 radical (unpaired) electrons. The van der Waals surface area contributed by atoms with E-state index in [-0.39, 0.29) is 6.10 Å². The van der Waals surface area contributed by atoms with Gasteiger partial charge in [0.05, 0.1) is 17.4 Å². The van der Waals surface area contributed by atoms with Crippen LogP contribution in [0.15, 0.2) is 18.2 Å². The lowest BCUT2D eigenvalue weighted by Gasteiger charge is -2.21. The van der Waals surface area contributed by atoms with Crippen molar-refractivity contribution in [1.82, 2.24) is 5.32 Å². The molecule has 2 unspecified atom stereocenters. The molecule has 0 amide bonds. The quantitative estimate of drug-likeness (QED) is 0.869. The van der Waals surface area contributed by atoms with Gasteiger partial charge in [0.15, 0.2) is 0 Å². The van der Waals surface area contributed by atoms with Crippen molar-refractivity contribution < 1.29 is 5.11 Å². The number of hydrogen-bond acceptors (Lipinski definition) is 4. The average Bonchev–Trinajstić information content (AvgIpc) is 3.19. The Kier molecular flexibility index (Phi) is 4.14. The Hall–Kier alpha value is -1.57. The molecule has 1 saturated carbocycles. The van der Waals surface area contributed by atoms with Crippen LogP contribution in [0.1, 0.15) is 37.3 Å². The largest absolute Gasteiger partial charge is 0.393 e. The van der Waals surface area contributed by atoms with Gasteiger partial charge >= 0.3 is 0 Å². The van der Waals surface area contributed by atoms with Gasteiger partial charge in [-0.2, -0.15) is 5.26 Å². The molecule has 1 aromatic rings. The predicted octanol–water partition coefficient (Wildman–Crippen LogP) is 2.02. The lowest BCUT2D eigenvalue weighted by molar-refractivity contribution is 0.136. The summed E-state index contributed by atoms with van der Waals surface area (Å²) in [6.07, 6.45) is 3.27. The minimum Gasteiger partial charge on any atom is -0.393 e. The second kappa shape index (κ2) is 6.05. The zero-order valence-electron chi connectivity index (χ0n) is 12.5. The van der Waals surface area contributed by atoms with Crippen molar-refractivity contribution >= 4 is 5.69 Å². The first-order valence-electron chi connectivity index (χ1n) is 7.87. The first-order valence-corrected chi connectivity index (χ1v) is 7.87. The Morgan fingerprint density at radius 1 is 1.43 bits per heavy atom. The van der Waals surface area contributed by atoms with Crippen LogP contribution in [0.3, 0.4) is 0 Å². The maximum Gasteiger partial charge on any atom is 0.101 e. The predicted molar refractivity (Wildman–Crippen MR) is 83.0 cm³/mol. The van der Waals surface area contributed by atoms with E-state index < -0.39 is 0 Å².